The van der Waals surface area contributed by atoms with E-state index >= 15 is 0 Å². The van der Waals surface area contributed by atoms with Crippen LogP contribution in [0.15, 0.2) is 41.7 Å². The Balaban J connectivity index is 2.25. The molecule has 0 aliphatic carbocycles. The van der Waals surface area contributed by atoms with Gasteiger partial charge in [-0.05, 0) is 12.1 Å². The minimum atomic E-state index is -0.549. The molecular weight excluding hydrogens is 298 g/mol. The standard InChI is InChI=1S/C14H14ClNO3S/c1-2-7-19-13(17)10(8-15)9-16-11-5-3-4-6-12(11)20-14(16)18/h2-6,10H,1,7-9H2/t10-/m1/s1. The van der Waals surface area contributed by atoms with Gasteiger partial charge < -0.3 is 4.74 Å². The Labute approximate surface area is 125 Å². The van der Waals surface area contributed by atoms with Crippen molar-refractivity contribution < 1.29 is 9.53 Å². The largest absolute Gasteiger partial charge is 0.461 e. The van der Waals surface area contributed by atoms with Crippen molar-refractivity contribution in [3.63, 3.8) is 0 Å². The molecule has 0 unspecified atom stereocenters. The van der Waals surface area contributed by atoms with Crippen LogP contribution in [-0.4, -0.2) is 23.0 Å². The molecule has 1 atom stereocenters. The van der Waals surface area contributed by atoms with Crippen LogP contribution in [-0.2, 0) is 16.1 Å². The third-order valence-corrected chi connectivity index (χ3v) is 4.17. The van der Waals surface area contributed by atoms with Gasteiger partial charge in [0.25, 0.3) is 0 Å². The lowest BCUT2D eigenvalue weighted by atomic mass is 10.2. The number of ether oxygens (including phenoxy) is 1. The first-order valence-electron chi connectivity index (χ1n) is 6.09. The van der Waals surface area contributed by atoms with Crippen LogP contribution in [0.3, 0.4) is 0 Å². The van der Waals surface area contributed by atoms with E-state index in [9.17, 15) is 9.59 Å². The summed E-state index contributed by atoms with van der Waals surface area (Å²) in [6.07, 6.45) is 1.50. The molecule has 0 bridgehead atoms. The number of aromatic nitrogens is 1. The maximum absolute atomic E-state index is 12.0. The fourth-order valence-electron chi connectivity index (χ4n) is 1.85. The van der Waals surface area contributed by atoms with Crippen LogP contribution in [0.5, 0.6) is 0 Å². The van der Waals surface area contributed by atoms with Crippen molar-refractivity contribution in [3.8, 4) is 0 Å². The monoisotopic (exact) mass is 311 g/mol. The number of hydrogen-bond acceptors (Lipinski definition) is 4. The summed E-state index contributed by atoms with van der Waals surface area (Å²) in [5, 5.41) is 0. The predicted molar refractivity (Wildman–Crippen MR) is 81.5 cm³/mol. The second-order valence-corrected chi connectivity index (χ2v) is 5.52. The second kappa shape index (κ2) is 6.72. The van der Waals surface area contributed by atoms with Gasteiger partial charge in [0.2, 0.25) is 0 Å². The second-order valence-electron chi connectivity index (χ2n) is 4.22. The van der Waals surface area contributed by atoms with Crippen molar-refractivity contribution in [2.45, 2.75) is 6.54 Å². The number of halogens is 1. The van der Waals surface area contributed by atoms with Crippen LogP contribution in [0.4, 0.5) is 0 Å². The fourth-order valence-corrected chi connectivity index (χ4v) is 2.98. The Bertz CT molecular complexity index is 676. The SMILES string of the molecule is C=CCOC(=O)[C@H](CCl)Cn1c(=O)sc2ccccc21. The molecule has 0 aliphatic rings. The predicted octanol–water partition coefficient (Wildman–Crippen LogP) is 2.65. The van der Waals surface area contributed by atoms with Crippen LogP contribution < -0.4 is 4.87 Å². The van der Waals surface area contributed by atoms with Crippen molar-refractivity contribution in [1.29, 1.82) is 0 Å². The van der Waals surface area contributed by atoms with Gasteiger partial charge in [0, 0.05) is 12.4 Å². The summed E-state index contributed by atoms with van der Waals surface area (Å²) in [4.78, 5) is 23.7. The van der Waals surface area contributed by atoms with Gasteiger partial charge in [-0.1, -0.05) is 36.1 Å². The van der Waals surface area contributed by atoms with Crippen LogP contribution in [0.1, 0.15) is 0 Å². The number of hydrogen-bond donors (Lipinski definition) is 0. The molecule has 0 fully saturated rings. The summed E-state index contributed by atoms with van der Waals surface area (Å²) in [5.41, 5.74) is 0.814. The number of carbonyl (C=O) groups excluding carboxylic acids is 1. The molecule has 20 heavy (non-hydrogen) atoms. The van der Waals surface area contributed by atoms with E-state index in [0.717, 1.165) is 21.6 Å². The third-order valence-electron chi connectivity index (χ3n) is 2.84. The van der Waals surface area contributed by atoms with Gasteiger partial charge in [-0.15, -0.1) is 11.6 Å². The molecule has 0 radical (unpaired) electrons. The Kier molecular flexibility index (Phi) is 4.98. The molecule has 2 aromatic rings. The zero-order valence-corrected chi connectivity index (χ0v) is 12.3. The number of rotatable bonds is 6. The highest BCUT2D eigenvalue weighted by atomic mass is 35.5. The Morgan fingerprint density at radius 1 is 1.50 bits per heavy atom. The number of esters is 1. The van der Waals surface area contributed by atoms with Crippen molar-refractivity contribution in [2.75, 3.05) is 12.5 Å². The fraction of sp³-hybridized carbons (Fsp3) is 0.286. The summed E-state index contributed by atoms with van der Waals surface area (Å²) < 4.78 is 7.46. The average Bonchev–Trinajstić information content (AvgIpc) is 2.77. The molecule has 6 heteroatoms. The third kappa shape index (κ3) is 3.11. The Hall–Kier alpha value is -1.59. The summed E-state index contributed by atoms with van der Waals surface area (Å²) in [6.45, 7) is 3.85. The molecule has 1 aromatic heterocycles. The maximum atomic E-state index is 12.0. The average molecular weight is 312 g/mol. The highest BCUT2D eigenvalue weighted by molar-refractivity contribution is 7.16. The van der Waals surface area contributed by atoms with Crippen molar-refractivity contribution in [3.05, 3.63) is 46.6 Å². The number of thiazole rings is 1. The number of benzene rings is 1. The van der Waals surface area contributed by atoms with Crippen LogP contribution >= 0.6 is 22.9 Å². The van der Waals surface area contributed by atoms with E-state index in [4.69, 9.17) is 16.3 Å². The molecule has 4 nitrogen and oxygen atoms in total. The normalized spacial score (nSPS) is 12.2. The van der Waals surface area contributed by atoms with Gasteiger partial charge in [0.15, 0.2) is 0 Å². The zero-order valence-electron chi connectivity index (χ0n) is 10.8. The summed E-state index contributed by atoms with van der Waals surface area (Å²) in [6, 6.07) is 7.47. The first-order chi connectivity index (χ1) is 9.67. The van der Waals surface area contributed by atoms with Crippen LogP contribution in [0.25, 0.3) is 10.2 Å². The molecule has 0 aliphatic heterocycles. The lowest BCUT2D eigenvalue weighted by Gasteiger charge is -2.13. The van der Waals surface area contributed by atoms with Crippen LogP contribution in [0, 0.1) is 5.92 Å². The molecule has 0 amide bonds. The van der Waals surface area contributed by atoms with E-state index < -0.39 is 11.9 Å². The first-order valence-corrected chi connectivity index (χ1v) is 7.44. The molecular formula is C14H14ClNO3S. The van der Waals surface area contributed by atoms with Gasteiger partial charge >= 0.3 is 10.8 Å². The minimum absolute atomic E-state index is 0.0992. The van der Waals surface area contributed by atoms with Crippen LogP contribution in [0.2, 0.25) is 0 Å². The van der Waals surface area contributed by atoms with Gasteiger partial charge in [-0.25, -0.2) is 0 Å². The zero-order chi connectivity index (χ0) is 14.5. The molecule has 0 N–H and O–H groups in total. The minimum Gasteiger partial charge on any atom is -0.461 e. The van der Waals surface area contributed by atoms with E-state index in [2.05, 4.69) is 6.58 Å². The Morgan fingerprint density at radius 2 is 2.25 bits per heavy atom. The van der Waals surface area contributed by atoms with E-state index in [1.54, 1.807) is 4.57 Å². The molecule has 2 rings (SSSR count). The first kappa shape index (κ1) is 14.8. The van der Waals surface area contributed by atoms with Gasteiger partial charge in [0.1, 0.15) is 6.61 Å². The van der Waals surface area contributed by atoms with Gasteiger partial charge in [0.05, 0.1) is 16.1 Å². The molecule has 0 saturated carbocycles. The molecule has 1 heterocycles. The van der Waals surface area contributed by atoms with Crippen molar-refractivity contribution in [1.82, 2.24) is 4.57 Å². The van der Waals surface area contributed by atoms with Gasteiger partial charge in [-0.2, -0.15) is 0 Å². The maximum Gasteiger partial charge on any atom is 0.312 e. The highest BCUT2D eigenvalue weighted by Crippen LogP contribution is 2.18. The quantitative estimate of drug-likeness (QED) is 0.468. The molecule has 106 valence electrons. The number of nitrogens with zero attached hydrogens (tertiary/aromatic N) is 1. The van der Waals surface area contributed by atoms with Gasteiger partial charge in [-0.3, -0.25) is 14.2 Å². The van der Waals surface area contributed by atoms with E-state index in [1.165, 1.54) is 6.08 Å². The smallest absolute Gasteiger partial charge is 0.312 e. The van der Waals surface area contributed by atoms with E-state index in [0.29, 0.717) is 0 Å². The Morgan fingerprint density at radius 3 is 2.95 bits per heavy atom. The molecule has 0 spiro atoms. The number of para-hydroxylation sites is 1. The number of alkyl halides is 1. The topological polar surface area (TPSA) is 48.3 Å². The number of fused-ring (bicyclic) bond motifs is 1. The van der Waals surface area contributed by atoms with E-state index in [1.807, 2.05) is 24.3 Å². The lowest BCUT2D eigenvalue weighted by Crippen LogP contribution is -2.27. The van der Waals surface area contributed by atoms with E-state index in [-0.39, 0.29) is 23.9 Å². The molecule has 1 aromatic carbocycles. The lowest BCUT2D eigenvalue weighted by molar-refractivity contribution is -0.146. The van der Waals surface area contributed by atoms with Crippen molar-refractivity contribution >= 4 is 39.1 Å². The highest BCUT2D eigenvalue weighted by Gasteiger charge is 2.21. The number of carbonyl (C=O) groups is 1. The summed E-state index contributed by atoms with van der Waals surface area (Å²) in [7, 11) is 0. The summed E-state index contributed by atoms with van der Waals surface area (Å²) >= 11 is 6.98. The van der Waals surface area contributed by atoms with Crippen molar-refractivity contribution in [2.24, 2.45) is 5.92 Å². The molecule has 0 saturated heterocycles. The summed E-state index contributed by atoms with van der Waals surface area (Å²) in [5.74, 6) is -0.860.